The lowest BCUT2D eigenvalue weighted by atomic mass is 10.0. The molecule has 0 aliphatic carbocycles. The van der Waals surface area contributed by atoms with Gasteiger partial charge in [0, 0.05) is 44.6 Å². The van der Waals surface area contributed by atoms with Crippen LogP contribution in [0.1, 0.15) is 19.3 Å². The zero-order chi connectivity index (χ0) is 14.5. The van der Waals surface area contributed by atoms with Gasteiger partial charge in [0.2, 0.25) is 5.91 Å². The molecule has 3 rings (SSSR count). The maximum atomic E-state index is 12.2. The number of likely N-dealkylation sites (tertiary alicyclic amines) is 1. The molecule has 114 valence electrons. The number of hydrogen-bond donors (Lipinski definition) is 1. The van der Waals surface area contributed by atoms with Crippen molar-refractivity contribution in [3.63, 3.8) is 0 Å². The van der Waals surface area contributed by atoms with E-state index in [1.54, 1.807) is 0 Å². The lowest BCUT2D eigenvalue weighted by Crippen LogP contribution is -2.47. The third-order valence-electron chi connectivity index (χ3n) is 4.13. The fourth-order valence-electron chi connectivity index (χ4n) is 2.91. The molecule has 5 heteroatoms. The zero-order valence-corrected chi connectivity index (χ0v) is 12.2. The molecule has 2 aliphatic heterocycles. The Morgan fingerprint density at radius 2 is 1.81 bits per heavy atom. The second-order valence-electron chi connectivity index (χ2n) is 5.53. The minimum absolute atomic E-state index is 0.200. The Balaban J connectivity index is 1.40. The van der Waals surface area contributed by atoms with Gasteiger partial charge in [-0.1, -0.05) is 18.2 Å². The molecule has 2 aliphatic rings. The number of amides is 1. The van der Waals surface area contributed by atoms with Gasteiger partial charge in [0.05, 0.1) is 13.2 Å². The number of nitrogens with zero attached hydrogens (tertiary/aromatic N) is 1. The molecule has 1 aromatic rings. The molecule has 1 aromatic carbocycles. The van der Waals surface area contributed by atoms with Gasteiger partial charge < -0.3 is 19.7 Å². The summed E-state index contributed by atoms with van der Waals surface area (Å²) in [6.45, 7) is 3.47. The summed E-state index contributed by atoms with van der Waals surface area (Å²) in [5, 5.41) is 3.27. The Hall–Kier alpha value is -1.59. The zero-order valence-electron chi connectivity index (χ0n) is 12.2. The number of carbonyl (C=O) groups is 1. The summed E-state index contributed by atoms with van der Waals surface area (Å²) in [7, 11) is 0. The highest BCUT2D eigenvalue weighted by Crippen LogP contribution is 2.31. The van der Waals surface area contributed by atoms with E-state index in [1.165, 1.54) is 0 Å². The summed E-state index contributed by atoms with van der Waals surface area (Å²) in [6, 6.07) is 9.95. The van der Waals surface area contributed by atoms with Crippen molar-refractivity contribution in [2.75, 3.05) is 38.2 Å². The van der Waals surface area contributed by atoms with Crippen LogP contribution < -0.4 is 5.32 Å². The SMILES string of the molecule is O=C(CCNc1ccccc1)N1CCC2(CC1)OCCO2. The van der Waals surface area contributed by atoms with Gasteiger partial charge >= 0.3 is 0 Å². The van der Waals surface area contributed by atoms with E-state index in [2.05, 4.69) is 5.32 Å². The van der Waals surface area contributed by atoms with Crippen LogP contribution in [0, 0.1) is 0 Å². The fourth-order valence-corrected chi connectivity index (χ4v) is 2.91. The number of rotatable bonds is 4. The van der Waals surface area contributed by atoms with Crippen LogP contribution >= 0.6 is 0 Å². The largest absolute Gasteiger partial charge is 0.385 e. The van der Waals surface area contributed by atoms with Crippen LogP contribution in [0.4, 0.5) is 5.69 Å². The average molecular weight is 290 g/mol. The maximum absolute atomic E-state index is 12.2. The number of hydrogen-bond acceptors (Lipinski definition) is 4. The van der Waals surface area contributed by atoms with E-state index in [0.29, 0.717) is 26.2 Å². The molecule has 1 amide bonds. The van der Waals surface area contributed by atoms with E-state index in [-0.39, 0.29) is 5.91 Å². The van der Waals surface area contributed by atoms with Crippen molar-refractivity contribution in [2.45, 2.75) is 25.0 Å². The van der Waals surface area contributed by atoms with Crippen molar-refractivity contribution in [3.8, 4) is 0 Å². The summed E-state index contributed by atoms with van der Waals surface area (Å²) in [4.78, 5) is 14.1. The minimum Gasteiger partial charge on any atom is -0.385 e. The van der Waals surface area contributed by atoms with Crippen LogP contribution in [0.5, 0.6) is 0 Å². The van der Waals surface area contributed by atoms with Crippen molar-refractivity contribution >= 4 is 11.6 Å². The summed E-state index contributed by atoms with van der Waals surface area (Å²) in [5.41, 5.74) is 1.05. The average Bonchev–Trinajstić information content (AvgIpc) is 2.97. The van der Waals surface area contributed by atoms with Crippen LogP contribution in [0.3, 0.4) is 0 Å². The van der Waals surface area contributed by atoms with Crippen LogP contribution in [0.2, 0.25) is 0 Å². The molecule has 0 unspecified atom stereocenters. The van der Waals surface area contributed by atoms with E-state index in [1.807, 2.05) is 35.2 Å². The number of carbonyl (C=O) groups excluding carboxylic acids is 1. The third-order valence-corrected chi connectivity index (χ3v) is 4.13. The molecule has 0 saturated carbocycles. The van der Waals surface area contributed by atoms with Crippen LogP contribution in [0.25, 0.3) is 0 Å². The third kappa shape index (κ3) is 3.54. The lowest BCUT2D eigenvalue weighted by molar-refractivity contribution is -0.187. The Bertz CT molecular complexity index is 462. The van der Waals surface area contributed by atoms with Crippen LogP contribution in [-0.2, 0) is 14.3 Å². The predicted molar refractivity (Wildman–Crippen MR) is 80.0 cm³/mol. The maximum Gasteiger partial charge on any atom is 0.224 e. The number of piperidine rings is 1. The van der Waals surface area contributed by atoms with Crippen LogP contribution in [0.15, 0.2) is 30.3 Å². The molecule has 0 aromatic heterocycles. The minimum atomic E-state index is -0.404. The number of benzene rings is 1. The van der Waals surface area contributed by atoms with Gasteiger partial charge in [-0.15, -0.1) is 0 Å². The Kier molecular flexibility index (Phi) is 4.41. The van der Waals surface area contributed by atoms with Gasteiger partial charge in [-0.3, -0.25) is 4.79 Å². The number of nitrogens with one attached hydrogen (secondary N) is 1. The molecule has 2 fully saturated rings. The highest BCUT2D eigenvalue weighted by atomic mass is 16.7. The van der Waals surface area contributed by atoms with Gasteiger partial charge in [-0.05, 0) is 12.1 Å². The first-order chi connectivity index (χ1) is 10.3. The highest BCUT2D eigenvalue weighted by molar-refractivity contribution is 5.76. The molecule has 5 nitrogen and oxygen atoms in total. The van der Waals surface area contributed by atoms with Crippen molar-refractivity contribution in [1.29, 1.82) is 0 Å². The molecule has 1 N–H and O–H groups in total. The Morgan fingerprint density at radius 3 is 2.48 bits per heavy atom. The highest BCUT2D eigenvalue weighted by Gasteiger charge is 2.40. The summed E-state index contributed by atoms with van der Waals surface area (Å²) >= 11 is 0. The standard InChI is InChI=1S/C16H22N2O3/c19-15(6-9-17-14-4-2-1-3-5-14)18-10-7-16(8-11-18)20-12-13-21-16/h1-5,17H,6-13H2. The smallest absolute Gasteiger partial charge is 0.224 e. The Labute approximate surface area is 125 Å². The van der Waals surface area contributed by atoms with E-state index >= 15 is 0 Å². The topological polar surface area (TPSA) is 50.8 Å². The molecule has 0 bridgehead atoms. The molecule has 2 heterocycles. The molecule has 21 heavy (non-hydrogen) atoms. The Morgan fingerprint density at radius 1 is 1.14 bits per heavy atom. The van der Waals surface area contributed by atoms with Gasteiger partial charge in [0.15, 0.2) is 5.79 Å². The number of anilines is 1. The van der Waals surface area contributed by atoms with E-state index < -0.39 is 5.79 Å². The lowest BCUT2D eigenvalue weighted by Gasteiger charge is -2.37. The molecular formula is C16H22N2O3. The first kappa shape index (κ1) is 14.4. The number of ether oxygens (including phenoxy) is 2. The number of para-hydroxylation sites is 1. The summed E-state index contributed by atoms with van der Waals surface area (Å²) < 4.78 is 11.4. The first-order valence-corrected chi connectivity index (χ1v) is 7.62. The predicted octanol–water partition coefficient (Wildman–Crippen LogP) is 1.85. The van der Waals surface area contributed by atoms with E-state index in [0.717, 1.165) is 31.6 Å². The molecule has 0 radical (unpaired) electrons. The second-order valence-corrected chi connectivity index (χ2v) is 5.53. The normalized spacial score (nSPS) is 20.7. The first-order valence-electron chi connectivity index (χ1n) is 7.62. The quantitative estimate of drug-likeness (QED) is 0.919. The van der Waals surface area contributed by atoms with Gasteiger partial charge in [0.25, 0.3) is 0 Å². The van der Waals surface area contributed by atoms with Gasteiger partial charge in [-0.25, -0.2) is 0 Å². The van der Waals surface area contributed by atoms with E-state index in [4.69, 9.17) is 9.47 Å². The summed E-state index contributed by atoms with van der Waals surface area (Å²) in [5.74, 6) is -0.203. The van der Waals surface area contributed by atoms with Gasteiger partial charge in [-0.2, -0.15) is 0 Å². The van der Waals surface area contributed by atoms with Crippen LogP contribution in [-0.4, -0.2) is 49.4 Å². The molecule has 2 saturated heterocycles. The molecular weight excluding hydrogens is 268 g/mol. The van der Waals surface area contributed by atoms with E-state index in [9.17, 15) is 4.79 Å². The van der Waals surface area contributed by atoms with Crippen molar-refractivity contribution < 1.29 is 14.3 Å². The summed E-state index contributed by atoms with van der Waals surface area (Å²) in [6.07, 6.45) is 2.08. The molecule has 0 atom stereocenters. The van der Waals surface area contributed by atoms with Crippen molar-refractivity contribution in [2.24, 2.45) is 0 Å². The monoisotopic (exact) mass is 290 g/mol. The second kappa shape index (κ2) is 6.45. The fraction of sp³-hybridized carbons (Fsp3) is 0.562. The van der Waals surface area contributed by atoms with Crippen molar-refractivity contribution in [3.05, 3.63) is 30.3 Å². The van der Waals surface area contributed by atoms with Crippen molar-refractivity contribution in [1.82, 2.24) is 4.90 Å². The molecule has 1 spiro atoms. The van der Waals surface area contributed by atoms with Gasteiger partial charge in [0.1, 0.15) is 0 Å².